The van der Waals surface area contributed by atoms with Crippen LogP contribution in [-0.2, 0) is 4.79 Å². The molecule has 104 valence electrons. The molecule has 0 radical (unpaired) electrons. The van der Waals surface area contributed by atoms with Crippen LogP contribution in [0.3, 0.4) is 0 Å². The van der Waals surface area contributed by atoms with Gasteiger partial charge in [0.2, 0.25) is 0 Å². The zero-order chi connectivity index (χ0) is 13.6. The van der Waals surface area contributed by atoms with Crippen molar-refractivity contribution in [2.45, 2.75) is 66.7 Å². The highest BCUT2D eigenvalue weighted by atomic mass is 16.1. The summed E-state index contributed by atoms with van der Waals surface area (Å²) in [7, 11) is 0. The first-order valence-corrected chi connectivity index (χ1v) is 7.77. The van der Waals surface area contributed by atoms with Gasteiger partial charge in [-0.3, -0.25) is 0 Å². The van der Waals surface area contributed by atoms with Crippen molar-refractivity contribution in [1.29, 1.82) is 0 Å². The monoisotopic (exact) mass is 250 g/mol. The maximum atomic E-state index is 11.4. The van der Waals surface area contributed by atoms with Crippen LogP contribution in [0.2, 0.25) is 0 Å². The molecule has 1 nitrogen and oxygen atoms in total. The SMILES string of the molecule is CCC(C)(C)C1C(C)CC2CC1CC(C)(C=O)C2. The molecule has 2 rings (SSSR count). The number of fused-ring (bicyclic) bond motifs is 2. The zero-order valence-corrected chi connectivity index (χ0v) is 12.8. The molecule has 2 aliphatic carbocycles. The van der Waals surface area contributed by atoms with E-state index in [4.69, 9.17) is 0 Å². The molecule has 0 N–H and O–H groups in total. The lowest BCUT2D eigenvalue weighted by molar-refractivity contribution is -0.124. The van der Waals surface area contributed by atoms with Gasteiger partial charge < -0.3 is 4.79 Å². The minimum atomic E-state index is -0.0319. The number of aldehydes is 1. The Hall–Kier alpha value is -0.330. The molecule has 0 saturated heterocycles. The van der Waals surface area contributed by atoms with Gasteiger partial charge in [0.25, 0.3) is 0 Å². The average molecular weight is 250 g/mol. The zero-order valence-electron chi connectivity index (χ0n) is 12.8. The molecular weight excluding hydrogens is 220 g/mol. The van der Waals surface area contributed by atoms with Crippen LogP contribution < -0.4 is 0 Å². The summed E-state index contributed by atoms with van der Waals surface area (Å²) in [5.74, 6) is 3.22. The normalized spacial score (nSPS) is 44.7. The summed E-state index contributed by atoms with van der Waals surface area (Å²) >= 11 is 0. The predicted octanol–water partition coefficient (Wildman–Crippen LogP) is 4.70. The fourth-order valence-electron chi connectivity index (χ4n) is 5.27. The van der Waals surface area contributed by atoms with E-state index in [0.29, 0.717) is 5.41 Å². The molecule has 2 fully saturated rings. The quantitative estimate of drug-likeness (QED) is 0.663. The molecule has 0 amide bonds. The molecule has 2 aliphatic rings. The second-order valence-electron chi connectivity index (χ2n) is 8.12. The minimum absolute atomic E-state index is 0.0319. The summed E-state index contributed by atoms with van der Waals surface area (Å²) in [6.07, 6.45) is 7.48. The third-order valence-corrected chi connectivity index (χ3v) is 6.04. The molecule has 5 atom stereocenters. The Morgan fingerprint density at radius 1 is 1.28 bits per heavy atom. The first-order chi connectivity index (χ1) is 8.31. The lowest BCUT2D eigenvalue weighted by Gasteiger charge is -2.54. The Balaban J connectivity index is 2.24. The summed E-state index contributed by atoms with van der Waals surface area (Å²) in [6.45, 7) is 11.8. The van der Waals surface area contributed by atoms with E-state index < -0.39 is 0 Å². The molecule has 0 aromatic rings. The van der Waals surface area contributed by atoms with Gasteiger partial charge in [-0.1, -0.05) is 41.0 Å². The van der Waals surface area contributed by atoms with Crippen molar-refractivity contribution in [3.05, 3.63) is 0 Å². The van der Waals surface area contributed by atoms with Gasteiger partial charge in [-0.25, -0.2) is 0 Å². The van der Waals surface area contributed by atoms with Crippen LogP contribution in [0.5, 0.6) is 0 Å². The average Bonchev–Trinajstić information content (AvgIpc) is 2.27. The Bertz CT molecular complexity index is 318. The van der Waals surface area contributed by atoms with Crippen molar-refractivity contribution in [1.82, 2.24) is 0 Å². The standard InChI is InChI=1S/C17H30O/c1-6-16(3,4)15-12(2)7-13-8-14(15)10-17(5,9-13)11-18/h11-15H,6-10H2,1-5H3. The molecular formula is C17H30O. The Labute approximate surface area is 113 Å². The molecule has 2 saturated carbocycles. The van der Waals surface area contributed by atoms with Crippen LogP contribution in [-0.4, -0.2) is 6.29 Å². The van der Waals surface area contributed by atoms with Gasteiger partial charge >= 0.3 is 0 Å². The molecule has 0 spiro atoms. The molecule has 1 heteroatoms. The van der Waals surface area contributed by atoms with Gasteiger partial charge in [-0.2, -0.15) is 0 Å². The van der Waals surface area contributed by atoms with Gasteiger partial charge in [-0.05, 0) is 54.8 Å². The highest BCUT2D eigenvalue weighted by Crippen LogP contribution is 2.56. The van der Waals surface area contributed by atoms with E-state index in [2.05, 4.69) is 34.6 Å². The van der Waals surface area contributed by atoms with E-state index in [1.165, 1.54) is 25.5 Å². The van der Waals surface area contributed by atoms with Crippen molar-refractivity contribution in [2.75, 3.05) is 0 Å². The minimum Gasteiger partial charge on any atom is -0.303 e. The third-order valence-electron chi connectivity index (χ3n) is 6.04. The summed E-state index contributed by atoms with van der Waals surface area (Å²) in [5, 5.41) is 0. The van der Waals surface area contributed by atoms with E-state index in [0.717, 1.165) is 36.5 Å². The fourth-order valence-corrected chi connectivity index (χ4v) is 5.27. The highest BCUT2D eigenvalue weighted by molar-refractivity contribution is 5.59. The summed E-state index contributed by atoms with van der Waals surface area (Å²) in [6, 6.07) is 0. The van der Waals surface area contributed by atoms with Crippen molar-refractivity contribution >= 4 is 6.29 Å². The Morgan fingerprint density at radius 3 is 2.50 bits per heavy atom. The first kappa shape index (κ1) is 14.1. The number of carbonyl (C=O) groups excluding carboxylic acids is 1. The van der Waals surface area contributed by atoms with Crippen LogP contribution >= 0.6 is 0 Å². The fraction of sp³-hybridized carbons (Fsp3) is 0.941. The van der Waals surface area contributed by atoms with E-state index in [9.17, 15) is 4.79 Å². The third kappa shape index (κ3) is 2.38. The van der Waals surface area contributed by atoms with E-state index in [-0.39, 0.29) is 5.41 Å². The van der Waals surface area contributed by atoms with E-state index >= 15 is 0 Å². The smallest absolute Gasteiger partial charge is 0.125 e. The molecule has 0 aromatic carbocycles. The summed E-state index contributed by atoms with van der Waals surface area (Å²) in [4.78, 5) is 11.4. The van der Waals surface area contributed by atoms with Crippen LogP contribution in [0, 0.1) is 34.5 Å². The number of carbonyl (C=O) groups is 1. The van der Waals surface area contributed by atoms with Gasteiger partial charge in [0.05, 0.1) is 0 Å². The van der Waals surface area contributed by atoms with Gasteiger partial charge in [-0.15, -0.1) is 0 Å². The van der Waals surface area contributed by atoms with Crippen LogP contribution in [0.15, 0.2) is 0 Å². The molecule has 18 heavy (non-hydrogen) atoms. The second kappa shape index (κ2) is 4.65. The second-order valence-corrected chi connectivity index (χ2v) is 8.12. The lowest BCUT2D eigenvalue weighted by Crippen LogP contribution is -2.47. The van der Waals surface area contributed by atoms with Crippen molar-refractivity contribution < 1.29 is 4.79 Å². The van der Waals surface area contributed by atoms with Gasteiger partial charge in [0, 0.05) is 5.41 Å². The maximum Gasteiger partial charge on any atom is 0.125 e. The number of hydrogen-bond acceptors (Lipinski definition) is 1. The van der Waals surface area contributed by atoms with Crippen molar-refractivity contribution in [2.24, 2.45) is 34.5 Å². The molecule has 0 aromatic heterocycles. The van der Waals surface area contributed by atoms with Crippen LogP contribution in [0.4, 0.5) is 0 Å². The van der Waals surface area contributed by atoms with Crippen LogP contribution in [0.25, 0.3) is 0 Å². The van der Waals surface area contributed by atoms with Gasteiger partial charge in [0.1, 0.15) is 6.29 Å². The van der Waals surface area contributed by atoms with Crippen LogP contribution in [0.1, 0.15) is 66.7 Å². The molecule has 2 bridgehead atoms. The van der Waals surface area contributed by atoms with Crippen molar-refractivity contribution in [3.63, 3.8) is 0 Å². The Morgan fingerprint density at radius 2 is 1.94 bits per heavy atom. The van der Waals surface area contributed by atoms with E-state index in [1.807, 2.05) is 0 Å². The summed E-state index contributed by atoms with van der Waals surface area (Å²) < 4.78 is 0. The lowest BCUT2D eigenvalue weighted by atomic mass is 9.51. The first-order valence-electron chi connectivity index (χ1n) is 7.77. The van der Waals surface area contributed by atoms with E-state index in [1.54, 1.807) is 0 Å². The predicted molar refractivity (Wildman–Crippen MR) is 76.3 cm³/mol. The maximum absolute atomic E-state index is 11.4. The summed E-state index contributed by atoms with van der Waals surface area (Å²) in [5.41, 5.74) is 0.395. The molecule has 0 aliphatic heterocycles. The molecule has 0 heterocycles. The Kier molecular flexibility index (Phi) is 3.64. The highest BCUT2D eigenvalue weighted by Gasteiger charge is 2.49. The molecule has 5 unspecified atom stereocenters. The number of hydrogen-bond donors (Lipinski definition) is 0. The van der Waals surface area contributed by atoms with Crippen molar-refractivity contribution in [3.8, 4) is 0 Å². The van der Waals surface area contributed by atoms with Gasteiger partial charge in [0.15, 0.2) is 0 Å². The number of rotatable bonds is 3. The largest absolute Gasteiger partial charge is 0.303 e. The topological polar surface area (TPSA) is 17.1 Å².